The van der Waals surface area contributed by atoms with Crippen molar-refractivity contribution in [1.82, 2.24) is 24.0 Å². The average molecular weight is 509 g/mol. The number of ether oxygens (including phenoxy) is 3. The summed E-state index contributed by atoms with van der Waals surface area (Å²) in [7, 11) is 0. The van der Waals surface area contributed by atoms with E-state index in [9.17, 15) is 10.1 Å². The predicted octanol–water partition coefficient (Wildman–Crippen LogP) is 5.14. The number of rotatable bonds is 9. The Hall–Kier alpha value is -3.42. The van der Waals surface area contributed by atoms with Gasteiger partial charge in [0, 0.05) is 61.8 Å². The molecule has 3 aromatic rings. The van der Waals surface area contributed by atoms with Crippen molar-refractivity contribution in [3.63, 3.8) is 0 Å². The number of fused-ring (bicyclic) bond motifs is 1. The van der Waals surface area contributed by atoms with Gasteiger partial charge in [0.2, 0.25) is 6.41 Å². The Kier molecular flexibility index (Phi) is 8.15. The number of amides is 1. The Balaban J connectivity index is 1.58. The molecule has 1 aliphatic heterocycles. The summed E-state index contributed by atoms with van der Waals surface area (Å²) < 4.78 is 21.0. The van der Waals surface area contributed by atoms with E-state index in [2.05, 4.69) is 20.6 Å². The van der Waals surface area contributed by atoms with Gasteiger partial charge in [0.15, 0.2) is 0 Å². The van der Waals surface area contributed by atoms with Gasteiger partial charge in [-0.15, -0.1) is 0 Å². The SMILES string of the molecule is CCOC(OCC)n1ccc2c(-c3ccn(C(CC#N)C4CCN(C(=O)OC(C)(C)C)C4)c3)ncnc21. The Morgan fingerprint density at radius 1 is 1.19 bits per heavy atom. The predicted molar refractivity (Wildman–Crippen MR) is 138 cm³/mol. The van der Waals surface area contributed by atoms with Crippen LogP contribution in [-0.2, 0) is 14.2 Å². The number of nitrogens with zero attached hydrogens (tertiary/aromatic N) is 6. The van der Waals surface area contributed by atoms with E-state index in [1.807, 2.05) is 69.9 Å². The molecule has 10 nitrogen and oxygen atoms in total. The Bertz CT molecular complexity index is 1250. The van der Waals surface area contributed by atoms with Crippen LogP contribution < -0.4 is 0 Å². The van der Waals surface area contributed by atoms with E-state index in [-0.39, 0.29) is 18.1 Å². The summed E-state index contributed by atoms with van der Waals surface area (Å²) in [6, 6.07) is 6.24. The van der Waals surface area contributed by atoms with Crippen LogP contribution in [0.5, 0.6) is 0 Å². The van der Waals surface area contributed by atoms with Gasteiger partial charge in [0.05, 0.1) is 24.2 Å². The normalized spacial score (nSPS) is 16.9. The quantitative estimate of drug-likeness (QED) is 0.368. The van der Waals surface area contributed by atoms with E-state index >= 15 is 0 Å². The number of hydrogen-bond donors (Lipinski definition) is 0. The molecule has 0 N–H and O–H groups in total. The van der Waals surface area contributed by atoms with E-state index in [0.29, 0.717) is 32.7 Å². The summed E-state index contributed by atoms with van der Waals surface area (Å²) in [4.78, 5) is 23.4. The van der Waals surface area contributed by atoms with Crippen LogP contribution in [0.15, 0.2) is 37.1 Å². The van der Waals surface area contributed by atoms with Crippen LogP contribution in [0, 0.1) is 17.2 Å². The number of aromatic nitrogens is 4. The molecule has 0 radical (unpaired) electrons. The van der Waals surface area contributed by atoms with E-state index in [4.69, 9.17) is 14.2 Å². The molecule has 10 heteroatoms. The molecule has 4 heterocycles. The summed E-state index contributed by atoms with van der Waals surface area (Å²) in [5, 5.41) is 10.5. The lowest BCUT2D eigenvalue weighted by molar-refractivity contribution is -0.183. The van der Waals surface area contributed by atoms with Crippen molar-refractivity contribution in [1.29, 1.82) is 5.26 Å². The molecule has 0 aromatic carbocycles. The molecule has 1 aliphatic rings. The molecule has 0 saturated carbocycles. The third-order valence-electron chi connectivity index (χ3n) is 6.45. The van der Waals surface area contributed by atoms with Crippen LogP contribution in [-0.4, -0.2) is 62.0 Å². The average Bonchev–Trinajstić information content (AvgIpc) is 3.61. The van der Waals surface area contributed by atoms with Gasteiger partial charge in [-0.25, -0.2) is 14.8 Å². The van der Waals surface area contributed by atoms with Crippen molar-refractivity contribution in [3.05, 3.63) is 37.1 Å². The Morgan fingerprint density at radius 2 is 1.95 bits per heavy atom. The monoisotopic (exact) mass is 508 g/mol. The zero-order chi connectivity index (χ0) is 26.6. The summed E-state index contributed by atoms with van der Waals surface area (Å²) in [6.07, 6.45) is 7.76. The highest BCUT2D eigenvalue weighted by atomic mass is 16.7. The van der Waals surface area contributed by atoms with Crippen molar-refractivity contribution in [2.45, 2.75) is 65.5 Å². The van der Waals surface area contributed by atoms with Crippen molar-refractivity contribution in [2.75, 3.05) is 26.3 Å². The fraction of sp³-hybridized carbons (Fsp3) is 0.556. The van der Waals surface area contributed by atoms with Gasteiger partial charge in [-0.1, -0.05) is 0 Å². The van der Waals surface area contributed by atoms with Crippen molar-refractivity contribution >= 4 is 17.1 Å². The molecular weight excluding hydrogens is 472 g/mol. The van der Waals surface area contributed by atoms with Crippen LogP contribution >= 0.6 is 0 Å². The van der Waals surface area contributed by atoms with Gasteiger partial charge in [0.25, 0.3) is 0 Å². The topological polar surface area (TPSA) is 107 Å². The summed E-state index contributed by atoms with van der Waals surface area (Å²) >= 11 is 0. The molecule has 198 valence electrons. The highest BCUT2D eigenvalue weighted by molar-refractivity contribution is 5.90. The number of nitriles is 1. The van der Waals surface area contributed by atoms with Crippen LogP contribution in [0.2, 0.25) is 0 Å². The second-order valence-electron chi connectivity index (χ2n) is 10.2. The fourth-order valence-electron chi connectivity index (χ4n) is 4.83. The van der Waals surface area contributed by atoms with Gasteiger partial charge in [-0.3, -0.25) is 4.57 Å². The Labute approximate surface area is 217 Å². The standard InChI is InChI=1S/C27H36N6O4/c1-6-35-26(36-7-2)33-15-11-21-23(29-18-30-24(21)33)20-10-13-31(17-20)22(8-12-28)19-9-14-32(16-19)25(34)37-27(3,4)5/h10-11,13,15,17-19,22,26H,6-9,14,16H2,1-5H3. The van der Waals surface area contributed by atoms with Gasteiger partial charge in [0.1, 0.15) is 17.6 Å². The highest BCUT2D eigenvalue weighted by Gasteiger charge is 2.34. The lowest BCUT2D eigenvalue weighted by atomic mass is 9.96. The summed E-state index contributed by atoms with van der Waals surface area (Å²) in [6.45, 7) is 11.7. The maximum atomic E-state index is 12.6. The first-order valence-corrected chi connectivity index (χ1v) is 12.8. The summed E-state index contributed by atoms with van der Waals surface area (Å²) in [5.41, 5.74) is 1.91. The van der Waals surface area contributed by atoms with Gasteiger partial charge in [-0.2, -0.15) is 5.26 Å². The molecule has 0 spiro atoms. The number of carbonyl (C=O) groups is 1. The zero-order valence-electron chi connectivity index (χ0n) is 22.3. The number of likely N-dealkylation sites (tertiary alicyclic amines) is 1. The molecule has 2 unspecified atom stereocenters. The van der Waals surface area contributed by atoms with E-state index in [0.717, 1.165) is 28.7 Å². The minimum Gasteiger partial charge on any atom is -0.444 e. The van der Waals surface area contributed by atoms with Crippen LogP contribution in [0.3, 0.4) is 0 Å². The number of carbonyl (C=O) groups excluding carboxylic acids is 1. The third-order valence-corrected chi connectivity index (χ3v) is 6.45. The van der Waals surface area contributed by atoms with E-state index in [1.165, 1.54) is 0 Å². The minimum absolute atomic E-state index is 0.0617. The largest absolute Gasteiger partial charge is 0.444 e. The van der Waals surface area contributed by atoms with Gasteiger partial charge in [-0.05, 0) is 53.2 Å². The molecule has 1 amide bonds. The zero-order valence-corrected chi connectivity index (χ0v) is 22.3. The minimum atomic E-state index is -0.560. The summed E-state index contributed by atoms with van der Waals surface area (Å²) in [5.74, 6) is 0.150. The molecule has 0 aliphatic carbocycles. The van der Waals surface area contributed by atoms with Crippen molar-refractivity contribution in [3.8, 4) is 17.3 Å². The first-order valence-electron chi connectivity index (χ1n) is 12.8. The first kappa shape index (κ1) is 26.6. The molecule has 4 rings (SSSR count). The maximum Gasteiger partial charge on any atom is 0.410 e. The lowest BCUT2D eigenvalue weighted by Crippen LogP contribution is -2.36. The Morgan fingerprint density at radius 3 is 2.62 bits per heavy atom. The van der Waals surface area contributed by atoms with Crippen LogP contribution in [0.1, 0.15) is 59.9 Å². The number of hydrogen-bond acceptors (Lipinski definition) is 7. The first-order chi connectivity index (χ1) is 17.8. The van der Waals surface area contributed by atoms with Gasteiger partial charge >= 0.3 is 6.09 Å². The molecule has 1 fully saturated rings. The van der Waals surface area contributed by atoms with Crippen LogP contribution in [0.25, 0.3) is 22.3 Å². The van der Waals surface area contributed by atoms with Crippen molar-refractivity contribution < 1.29 is 19.0 Å². The molecule has 0 bridgehead atoms. The van der Waals surface area contributed by atoms with Crippen molar-refractivity contribution in [2.24, 2.45) is 5.92 Å². The molecule has 37 heavy (non-hydrogen) atoms. The third kappa shape index (κ3) is 5.95. The second-order valence-corrected chi connectivity index (χ2v) is 10.2. The van der Waals surface area contributed by atoms with Crippen LogP contribution in [0.4, 0.5) is 4.79 Å². The smallest absolute Gasteiger partial charge is 0.410 e. The van der Waals surface area contributed by atoms with E-state index in [1.54, 1.807) is 11.2 Å². The molecule has 2 atom stereocenters. The molecule has 3 aromatic heterocycles. The maximum absolute atomic E-state index is 12.6. The molecular formula is C27H36N6O4. The fourth-order valence-corrected chi connectivity index (χ4v) is 4.83. The van der Waals surface area contributed by atoms with E-state index < -0.39 is 12.0 Å². The second kappa shape index (κ2) is 11.3. The molecule has 1 saturated heterocycles. The lowest BCUT2D eigenvalue weighted by Gasteiger charge is -2.26. The van der Waals surface area contributed by atoms with Gasteiger partial charge < -0.3 is 23.7 Å². The highest BCUT2D eigenvalue weighted by Crippen LogP contribution is 2.34.